The number of rotatable bonds is 3. The lowest BCUT2D eigenvalue weighted by Gasteiger charge is -2.13. The zero-order valence-corrected chi connectivity index (χ0v) is 15.6. The molecule has 0 aliphatic carbocycles. The van der Waals surface area contributed by atoms with Crippen molar-refractivity contribution in [3.8, 4) is 0 Å². The first kappa shape index (κ1) is 17.9. The minimum atomic E-state index is -0.362. The molecule has 2 amide bonds. The lowest BCUT2D eigenvalue weighted by atomic mass is 10.1. The zero-order chi connectivity index (χ0) is 19.0. The average molecular weight is 372 g/mol. The van der Waals surface area contributed by atoms with Gasteiger partial charge in [0.25, 0.3) is 11.8 Å². The summed E-state index contributed by atoms with van der Waals surface area (Å²) in [7, 11) is 5.12. The summed E-state index contributed by atoms with van der Waals surface area (Å²) >= 11 is 6.17. The molecule has 1 N–H and O–H groups in total. The number of carbonyl (C=O) groups excluding carboxylic acids is 2. The van der Waals surface area contributed by atoms with E-state index in [1.54, 1.807) is 50.1 Å². The van der Waals surface area contributed by atoms with Crippen LogP contribution < -0.4 is 5.32 Å². The first-order valence-electron chi connectivity index (χ1n) is 7.90. The van der Waals surface area contributed by atoms with Gasteiger partial charge in [-0.05, 0) is 31.2 Å². The van der Waals surface area contributed by atoms with Crippen molar-refractivity contribution in [2.45, 2.75) is 6.92 Å². The number of halogens is 1. The Kier molecular flexibility index (Phi) is 4.65. The van der Waals surface area contributed by atoms with Crippen molar-refractivity contribution in [1.82, 2.24) is 19.7 Å². The molecule has 0 fully saturated rings. The maximum atomic E-state index is 12.6. The Hall–Kier alpha value is -2.93. The van der Waals surface area contributed by atoms with Crippen molar-refractivity contribution in [1.29, 1.82) is 0 Å². The largest absolute Gasteiger partial charge is 0.345 e. The van der Waals surface area contributed by atoms with Crippen LogP contribution in [0.15, 0.2) is 30.5 Å². The van der Waals surface area contributed by atoms with Gasteiger partial charge in [-0.25, -0.2) is 4.98 Å². The fourth-order valence-electron chi connectivity index (χ4n) is 2.64. The number of nitrogens with one attached hydrogen (secondary N) is 1. The van der Waals surface area contributed by atoms with Crippen LogP contribution in [0.5, 0.6) is 0 Å². The summed E-state index contributed by atoms with van der Waals surface area (Å²) in [5.41, 5.74) is 2.68. The van der Waals surface area contributed by atoms with Gasteiger partial charge in [0.2, 0.25) is 0 Å². The van der Waals surface area contributed by atoms with Gasteiger partial charge < -0.3 is 10.2 Å². The van der Waals surface area contributed by atoms with Gasteiger partial charge in [-0.3, -0.25) is 14.3 Å². The lowest BCUT2D eigenvalue weighted by molar-refractivity contribution is 0.0827. The summed E-state index contributed by atoms with van der Waals surface area (Å²) in [5.74, 6) is -0.537. The second-order valence-electron chi connectivity index (χ2n) is 6.15. The van der Waals surface area contributed by atoms with Gasteiger partial charge in [-0.15, -0.1) is 0 Å². The monoisotopic (exact) mass is 371 g/mol. The first-order chi connectivity index (χ1) is 12.3. The highest BCUT2D eigenvalue weighted by atomic mass is 35.5. The Labute approximate surface area is 155 Å². The molecule has 0 aliphatic rings. The number of nitrogens with zero attached hydrogens (tertiary/aromatic N) is 4. The normalized spacial score (nSPS) is 10.8. The van der Waals surface area contributed by atoms with Crippen molar-refractivity contribution >= 4 is 40.1 Å². The Bertz CT molecular complexity index is 1030. The van der Waals surface area contributed by atoms with Crippen molar-refractivity contribution < 1.29 is 9.59 Å². The standard InChI is InChI=1S/C18H18ClN5O2/c1-10-13-7-12(9-20-16(13)24(4)22-10)17(25)21-15-8-11(5-6-14(15)19)18(26)23(2)3/h5-9H,1-4H3,(H,21,25). The van der Waals surface area contributed by atoms with E-state index < -0.39 is 0 Å². The van der Waals surface area contributed by atoms with Crippen LogP contribution in [0.25, 0.3) is 11.0 Å². The number of aromatic nitrogens is 3. The zero-order valence-electron chi connectivity index (χ0n) is 14.9. The summed E-state index contributed by atoms with van der Waals surface area (Å²) in [6.07, 6.45) is 1.49. The fraction of sp³-hybridized carbons (Fsp3) is 0.222. The molecular formula is C18H18ClN5O2. The molecule has 0 spiro atoms. The minimum Gasteiger partial charge on any atom is -0.345 e. The van der Waals surface area contributed by atoms with Crippen molar-refractivity contribution in [2.75, 3.05) is 19.4 Å². The Morgan fingerprint density at radius 3 is 2.62 bits per heavy atom. The molecule has 0 saturated carbocycles. The van der Waals surface area contributed by atoms with Crippen LogP contribution in [0.3, 0.4) is 0 Å². The molecule has 3 rings (SSSR count). The number of hydrogen-bond donors (Lipinski definition) is 1. The molecule has 8 heteroatoms. The SMILES string of the molecule is Cc1nn(C)c2ncc(C(=O)Nc3cc(C(=O)N(C)C)ccc3Cl)cc12. The van der Waals surface area contributed by atoms with Crippen molar-refractivity contribution in [2.24, 2.45) is 7.05 Å². The maximum absolute atomic E-state index is 12.6. The van der Waals surface area contributed by atoms with Gasteiger partial charge >= 0.3 is 0 Å². The summed E-state index contributed by atoms with van der Waals surface area (Å²) in [5, 5.41) is 8.19. The van der Waals surface area contributed by atoms with Crippen LogP contribution in [-0.4, -0.2) is 45.6 Å². The third kappa shape index (κ3) is 3.25. The van der Waals surface area contributed by atoms with E-state index in [1.165, 1.54) is 11.1 Å². The molecule has 2 heterocycles. The highest BCUT2D eigenvalue weighted by Crippen LogP contribution is 2.25. The number of aryl methyl sites for hydroxylation is 2. The van der Waals surface area contributed by atoms with Gasteiger partial charge in [0, 0.05) is 38.3 Å². The van der Waals surface area contributed by atoms with Crippen LogP contribution in [-0.2, 0) is 7.05 Å². The van der Waals surface area contributed by atoms with E-state index in [9.17, 15) is 9.59 Å². The Morgan fingerprint density at radius 1 is 1.19 bits per heavy atom. The van der Waals surface area contributed by atoms with Crippen molar-refractivity contribution in [3.63, 3.8) is 0 Å². The topological polar surface area (TPSA) is 80.1 Å². The molecular weight excluding hydrogens is 354 g/mol. The first-order valence-corrected chi connectivity index (χ1v) is 8.27. The molecule has 0 saturated heterocycles. The van der Waals surface area contributed by atoms with Gasteiger partial charge in [0.1, 0.15) is 0 Å². The number of carbonyl (C=O) groups is 2. The van der Waals surface area contributed by atoms with Crippen LogP contribution >= 0.6 is 11.6 Å². The van der Waals surface area contributed by atoms with Crippen molar-refractivity contribution in [3.05, 3.63) is 52.3 Å². The number of anilines is 1. The van der Waals surface area contributed by atoms with E-state index in [-0.39, 0.29) is 11.8 Å². The molecule has 1 aromatic carbocycles. The number of pyridine rings is 1. The number of benzene rings is 1. The molecule has 7 nitrogen and oxygen atoms in total. The predicted molar refractivity (Wildman–Crippen MR) is 101 cm³/mol. The van der Waals surface area contributed by atoms with Crippen LogP contribution in [0, 0.1) is 6.92 Å². The third-order valence-electron chi connectivity index (χ3n) is 3.99. The smallest absolute Gasteiger partial charge is 0.257 e. The molecule has 3 aromatic rings. The molecule has 134 valence electrons. The van der Waals surface area contributed by atoms with Gasteiger partial charge in [-0.2, -0.15) is 5.10 Å². The Morgan fingerprint density at radius 2 is 1.92 bits per heavy atom. The number of amides is 2. The van der Waals surface area contributed by atoms with Gasteiger partial charge in [0.15, 0.2) is 5.65 Å². The molecule has 2 aromatic heterocycles. The minimum absolute atomic E-state index is 0.175. The second kappa shape index (κ2) is 6.76. The summed E-state index contributed by atoms with van der Waals surface area (Å²) in [6, 6.07) is 6.50. The van der Waals surface area contributed by atoms with Crippen LogP contribution in [0.4, 0.5) is 5.69 Å². The summed E-state index contributed by atoms with van der Waals surface area (Å²) in [6.45, 7) is 1.86. The molecule has 0 bridgehead atoms. The van der Waals surface area contributed by atoms with E-state index in [1.807, 2.05) is 6.92 Å². The van der Waals surface area contributed by atoms with E-state index in [0.29, 0.717) is 27.5 Å². The molecule has 0 aliphatic heterocycles. The second-order valence-corrected chi connectivity index (χ2v) is 6.56. The average Bonchev–Trinajstić information content (AvgIpc) is 2.89. The summed E-state index contributed by atoms with van der Waals surface area (Å²) < 4.78 is 1.67. The van der Waals surface area contributed by atoms with E-state index in [2.05, 4.69) is 15.4 Å². The van der Waals surface area contributed by atoms with Gasteiger partial charge in [-0.1, -0.05) is 11.6 Å². The number of hydrogen-bond acceptors (Lipinski definition) is 4. The van der Waals surface area contributed by atoms with E-state index in [0.717, 1.165) is 11.1 Å². The Balaban J connectivity index is 1.91. The quantitative estimate of drug-likeness (QED) is 0.767. The highest BCUT2D eigenvalue weighted by molar-refractivity contribution is 6.34. The van der Waals surface area contributed by atoms with E-state index in [4.69, 9.17) is 11.6 Å². The predicted octanol–water partition coefficient (Wildman–Crippen LogP) is 2.88. The maximum Gasteiger partial charge on any atom is 0.257 e. The molecule has 0 radical (unpaired) electrons. The van der Waals surface area contributed by atoms with Gasteiger partial charge in [0.05, 0.1) is 22.0 Å². The summed E-state index contributed by atoms with van der Waals surface area (Å²) in [4.78, 5) is 30.5. The van der Waals surface area contributed by atoms with Crippen LogP contribution in [0.1, 0.15) is 26.4 Å². The van der Waals surface area contributed by atoms with E-state index >= 15 is 0 Å². The van der Waals surface area contributed by atoms with Crippen LogP contribution in [0.2, 0.25) is 5.02 Å². The molecule has 0 unspecified atom stereocenters. The molecule has 26 heavy (non-hydrogen) atoms. The number of fused-ring (bicyclic) bond motifs is 1. The fourth-order valence-corrected chi connectivity index (χ4v) is 2.80. The molecule has 0 atom stereocenters. The third-order valence-corrected chi connectivity index (χ3v) is 4.32. The lowest BCUT2D eigenvalue weighted by Crippen LogP contribution is -2.22. The highest BCUT2D eigenvalue weighted by Gasteiger charge is 2.15.